The molecule has 0 aliphatic rings. The van der Waals surface area contributed by atoms with Crippen LogP contribution in [0.25, 0.3) is 11.3 Å². The van der Waals surface area contributed by atoms with Crippen molar-refractivity contribution < 1.29 is 9.53 Å². The van der Waals surface area contributed by atoms with Crippen molar-refractivity contribution >= 4 is 22.9 Å². The third-order valence-corrected chi connectivity index (χ3v) is 3.85. The monoisotopic (exact) mass is 310 g/mol. The summed E-state index contributed by atoms with van der Waals surface area (Å²) in [5.74, 6) is 0.501. The molecular weight excluding hydrogens is 296 g/mol. The van der Waals surface area contributed by atoms with E-state index in [0.717, 1.165) is 11.3 Å². The molecule has 0 unspecified atom stereocenters. The molecule has 0 atom stereocenters. The molecule has 2 aromatic heterocycles. The van der Waals surface area contributed by atoms with Gasteiger partial charge in [-0.05, 0) is 35.7 Å². The van der Waals surface area contributed by atoms with Gasteiger partial charge in [0.15, 0.2) is 0 Å². The zero-order valence-electron chi connectivity index (χ0n) is 11.9. The molecule has 0 fully saturated rings. The summed E-state index contributed by atoms with van der Waals surface area (Å²) in [6.07, 6.45) is 1.59. The number of carbonyl (C=O) groups excluding carboxylic acids is 1. The Balaban J connectivity index is 1.74. The smallest absolute Gasteiger partial charge is 0.257 e. The van der Waals surface area contributed by atoms with Crippen LogP contribution in [0, 0.1) is 0 Å². The van der Waals surface area contributed by atoms with Crippen molar-refractivity contribution in [1.29, 1.82) is 0 Å². The summed E-state index contributed by atoms with van der Waals surface area (Å²) in [5, 5.41) is 6.86. The minimum atomic E-state index is -0.197. The molecule has 110 valence electrons. The van der Waals surface area contributed by atoms with E-state index in [1.165, 1.54) is 0 Å². The van der Waals surface area contributed by atoms with Gasteiger partial charge < -0.3 is 10.1 Å². The topological polar surface area (TPSA) is 51.2 Å². The number of methoxy groups -OCH3 is 1. The first-order valence-electron chi connectivity index (χ1n) is 6.70. The molecule has 1 N–H and O–H groups in total. The predicted octanol–water partition coefficient (Wildman–Crippen LogP) is 4.07. The van der Waals surface area contributed by atoms with Crippen LogP contribution in [0.15, 0.2) is 59.4 Å². The molecule has 0 spiro atoms. The molecule has 3 aromatic rings. The fourth-order valence-corrected chi connectivity index (χ4v) is 2.66. The second-order valence-electron chi connectivity index (χ2n) is 4.63. The molecule has 5 heteroatoms. The Hall–Kier alpha value is -2.66. The standard InChI is InChI=1S/C17H14N2O2S/c1-21-15-4-2-3-14(9-15)19-17(20)12-5-6-16(18-10-12)13-7-8-22-11-13/h2-11H,1H3,(H,19,20). The van der Waals surface area contributed by atoms with Gasteiger partial charge in [-0.3, -0.25) is 9.78 Å². The number of hydrogen-bond donors (Lipinski definition) is 1. The van der Waals surface area contributed by atoms with Crippen molar-refractivity contribution in [2.24, 2.45) is 0 Å². The number of pyridine rings is 1. The summed E-state index contributed by atoms with van der Waals surface area (Å²) >= 11 is 1.62. The third kappa shape index (κ3) is 3.15. The summed E-state index contributed by atoms with van der Waals surface area (Å²) in [7, 11) is 1.59. The zero-order chi connectivity index (χ0) is 15.4. The summed E-state index contributed by atoms with van der Waals surface area (Å²) < 4.78 is 5.14. The summed E-state index contributed by atoms with van der Waals surface area (Å²) in [5.41, 5.74) is 3.12. The number of ether oxygens (including phenoxy) is 1. The molecule has 22 heavy (non-hydrogen) atoms. The molecule has 0 aliphatic carbocycles. The van der Waals surface area contributed by atoms with E-state index in [4.69, 9.17) is 4.74 Å². The van der Waals surface area contributed by atoms with Crippen molar-refractivity contribution in [2.45, 2.75) is 0 Å². The van der Waals surface area contributed by atoms with Crippen LogP contribution in [0.3, 0.4) is 0 Å². The highest BCUT2D eigenvalue weighted by atomic mass is 32.1. The first-order chi connectivity index (χ1) is 10.8. The Kier molecular flexibility index (Phi) is 4.16. The lowest BCUT2D eigenvalue weighted by Gasteiger charge is -2.07. The van der Waals surface area contributed by atoms with E-state index in [2.05, 4.69) is 10.3 Å². The molecule has 0 aliphatic heterocycles. The lowest BCUT2D eigenvalue weighted by molar-refractivity contribution is 0.102. The van der Waals surface area contributed by atoms with Crippen LogP contribution in [0.5, 0.6) is 5.75 Å². The van der Waals surface area contributed by atoms with Crippen LogP contribution in [0.2, 0.25) is 0 Å². The van der Waals surface area contributed by atoms with Crippen LogP contribution < -0.4 is 10.1 Å². The van der Waals surface area contributed by atoms with Gasteiger partial charge in [-0.1, -0.05) is 6.07 Å². The first-order valence-corrected chi connectivity index (χ1v) is 7.64. The second kappa shape index (κ2) is 6.41. The number of amides is 1. The number of thiophene rings is 1. The summed E-state index contributed by atoms with van der Waals surface area (Å²) in [6, 6.07) is 12.9. The Bertz CT molecular complexity index is 768. The number of carbonyl (C=O) groups is 1. The normalized spacial score (nSPS) is 10.2. The van der Waals surface area contributed by atoms with Crippen molar-refractivity contribution in [3.8, 4) is 17.0 Å². The van der Waals surface area contributed by atoms with Gasteiger partial charge in [0.1, 0.15) is 5.75 Å². The van der Waals surface area contributed by atoms with Crippen LogP contribution in [-0.4, -0.2) is 18.0 Å². The Labute approximate surface area is 132 Å². The second-order valence-corrected chi connectivity index (χ2v) is 5.41. The van der Waals surface area contributed by atoms with Crippen molar-refractivity contribution in [1.82, 2.24) is 4.98 Å². The molecule has 0 bridgehead atoms. The highest BCUT2D eigenvalue weighted by Gasteiger charge is 2.08. The summed E-state index contributed by atoms with van der Waals surface area (Å²) in [4.78, 5) is 16.6. The number of nitrogens with one attached hydrogen (secondary N) is 1. The number of aromatic nitrogens is 1. The van der Waals surface area contributed by atoms with E-state index in [1.807, 2.05) is 41.1 Å². The Morgan fingerprint density at radius 1 is 1.23 bits per heavy atom. The highest BCUT2D eigenvalue weighted by Crippen LogP contribution is 2.21. The predicted molar refractivity (Wildman–Crippen MR) is 88.5 cm³/mol. The van der Waals surface area contributed by atoms with Gasteiger partial charge in [0.25, 0.3) is 5.91 Å². The minimum Gasteiger partial charge on any atom is -0.497 e. The minimum absolute atomic E-state index is 0.197. The van der Waals surface area contributed by atoms with E-state index in [1.54, 1.807) is 36.8 Å². The van der Waals surface area contributed by atoms with Crippen LogP contribution in [0.1, 0.15) is 10.4 Å². The number of hydrogen-bond acceptors (Lipinski definition) is 4. The number of benzene rings is 1. The maximum atomic E-state index is 12.2. The zero-order valence-corrected chi connectivity index (χ0v) is 12.8. The van der Waals surface area contributed by atoms with E-state index in [0.29, 0.717) is 17.0 Å². The van der Waals surface area contributed by atoms with Crippen LogP contribution in [-0.2, 0) is 0 Å². The van der Waals surface area contributed by atoms with Gasteiger partial charge in [-0.15, -0.1) is 0 Å². The molecule has 0 saturated carbocycles. The van der Waals surface area contributed by atoms with Gasteiger partial charge in [-0.2, -0.15) is 11.3 Å². The molecule has 4 nitrogen and oxygen atoms in total. The van der Waals surface area contributed by atoms with Crippen molar-refractivity contribution in [3.05, 3.63) is 65.0 Å². The lowest BCUT2D eigenvalue weighted by Crippen LogP contribution is -2.12. The van der Waals surface area contributed by atoms with E-state index >= 15 is 0 Å². The van der Waals surface area contributed by atoms with Gasteiger partial charge in [0.2, 0.25) is 0 Å². The van der Waals surface area contributed by atoms with Crippen molar-refractivity contribution in [3.63, 3.8) is 0 Å². The summed E-state index contributed by atoms with van der Waals surface area (Å²) in [6.45, 7) is 0. The lowest BCUT2D eigenvalue weighted by atomic mass is 10.2. The average molecular weight is 310 g/mol. The molecule has 0 saturated heterocycles. The van der Waals surface area contributed by atoms with E-state index in [-0.39, 0.29) is 5.91 Å². The number of rotatable bonds is 4. The fourth-order valence-electron chi connectivity index (χ4n) is 2.01. The average Bonchev–Trinajstić information content (AvgIpc) is 3.09. The molecule has 2 heterocycles. The quantitative estimate of drug-likeness (QED) is 0.790. The first kappa shape index (κ1) is 14.3. The number of nitrogens with zero attached hydrogens (tertiary/aromatic N) is 1. The van der Waals surface area contributed by atoms with Gasteiger partial charge in [-0.25, -0.2) is 0 Å². The largest absolute Gasteiger partial charge is 0.497 e. The fraction of sp³-hybridized carbons (Fsp3) is 0.0588. The Morgan fingerprint density at radius 2 is 2.14 bits per heavy atom. The van der Waals surface area contributed by atoms with Gasteiger partial charge in [0.05, 0.1) is 18.4 Å². The number of anilines is 1. The van der Waals surface area contributed by atoms with Crippen LogP contribution >= 0.6 is 11.3 Å². The van der Waals surface area contributed by atoms with Gasteiger partial charge >= 0.3 is 0 Å². The molecule has 1 aromatic carbocycles. The SMILES string of the molecule is COc1cccc(NC(=O)c2ccc(-c3ccsc3)nc2)c1. The van der Waals surface area contributed by atoms with E-state index in [9.17, 15) is 4.79 Å². The molecule has 0 radical (unpaired) electrons. The highest BCUT2D eigenvalue weighted by molar-refractivity contribution is 7.08. The van der Waals surface area contributed by atoms with Crippen molar-refractivity contribution in [2.75, 3.05) is 12.4 Å². The molecule has 3 rings (SSSR count). The third-order valence-electron chi connectivity index (χ3n) is 3.17. The molecule has 1 amide bonds. The van der Waals surface area contributed by atoms with Crippen LogP contribution in [0.4, 0.5) is 5.69 Å². The molecular formula is C17H14N2O2S. The Morgan fingerprint density at radius 3 is 2.82 bits per heavy atom. The maximum absolute atomic E-state index is 12.2. The van der Waals surface area contributed by atoms with E-state index < -0.39 is 0 Å². The maximum Gasteiger partial charge on any atom is 0.257 e. The van der Waals surface area contributed by atoms with Gasteiger partial charge in [0, 0.05) is 28.9 Å².